The fourth-order valence-corrected chi connectivity index (χ4v) is 2.21. The first-order valence-electron chi connectivity index (χ1n) is 8.15. The first-order chi connectivity index (χ1) is 13.3. The number of amides is 1. The van der Waals surface area contributed by atoms with Crippen LogP contribution < -0.4 is 5.32 Å². The van der Waals surface area contributed by atoms with Crippen molar-refractivity contribution in [2.45, 2.75) is 19.2 Å². The van der Waals surface area contributed by atoms with Gasteiger partial charge in [-0.1, -0.05) is 42.2 Å². The van der Waals surface area contributed by atoms with Crippen LogP contribution in [-0.4, -0.2) is 23.7 Å². The number of halogens is 3. The molecule has 0 aliphatic heterocycles. The molecule has 8 heteroatoms. The molecule has 0 fully saturated rings. The lowest BCUT2D eigenvalue weighted by Gasteiger charge is -2.10. The second-order valence-electron chi connectivity index (χ2n) is 5.60. The Morgan fingerprint density at radius 2 is 1.82 bits per heavy atom. The Kier molecular flexibility index (Phi) is 7.04. The number of carbonyl (C=O) groups is 2. The van der Waals surface area contributed by atoms with E-state index in [0.717, 1.165) is 11.6 Å². The van der Waals surface area contributed by atoms with Gasteiger partial charge >= 0.3 is 18.2 Å². The summed E-state index contributed by atoms with van der Waals surface area (Å²) in [6.07, 6.45) is -5.24. The van der Waals surface area contributed by atoms with Gasteiger partial charge in [-0.05, 0) is 23.8 Å². The van der Waals surface area contributed by atoms with Crippen molar-refractivity contribution in [3.8, 4) is 11.8 Å². The number of alkyl halides is 3. The van der Waals surface area contributed by atoms with Crippen molar-refractivity contribution in [1.29, 1.82) is 0 Å². The van der Waals surface area contributed by atoms with E-state index in [0.29, 0.717) is 6.07 Å². The fourth-order valence-electron chi connectivity index (χ4n) is 2.21. The van der Waals surface area contributed by atoms with Gasteiger partial charge in [-0.15, -0.1) is 0 Å². The molecule has 0 heterocycles. The molecule has 0 spiro atoms. The summed E-state index contributed by atoms with van der Waals surface area (Å²) in [4.78, 5) is 22.4. The lowest BCUT2D eigenvalue weighted by atomic mass is 10.0. The predicted molar refractivity (Wildman–Crippen MR) is 94.5 cm³/mol. The van der Waals surface area contributed by atoms with Gasteiger partial charge in [0.05, 0.1) is 11.1 Å². The van der Waals surface area contributed by atoms with Gasteiger partial charge in [0, 0.05) is 18.5 Å². The van der Waals surface area contributed by atoms with Gasteiger partial charge in [-0.3, -0.25) is 0 Å². The zero-order valence-corrected chi connectivity index (χ0v) is 14.5. The third kappa shape index (κ3) is 6.36. The Hall–Kier alpha value is -3.47. The molecule has 28 heavy (non-hydrogen) atoms. The Bertz CT molecular complexity index is 899. The van der Waals surface area contributed by atoms with Crippen molar-refractivity contribution in [2.24, 2.45) is 0 Å². The van der Waals surface area contributed by atoms with Crippen LogP contribution in [0.5, 0.6) is 0 Å². The molecule has 0 atom stereocenters. The van der Waals surface area contributed by atoms with E-state index in [1.165, 1.54) is 6.07 Å². The van der Waals surface area contributed by atoms with Gasteiger partial charge in [0.15, 0.2) is 0 Å². The zero-order valence-electron chi connectivity index (χ0n) is 14.5. The highest BCUT2D eigenvalue weighted by Gasteiger charge is 2.35. The van der Waals surface area contributed by atoms with Crippen molar-refractivity contribution in [3.05, 3.63) is 70.8 Å². The van der Waals surface area contributed by atoms with Crippen molar-refractivity contribution in [1.82, 2.24) is 5.32 Å². The second-order valence-corrected chi connectivity index (χ2v) is 5.60. The van der Waals surface area contributed by atoms with E-state index in [1.54, 1.807) is 0 Å². The predicted octanol–water partition coefficient (Wildman–Crippen LogP) is 4.07. The number of hydrogen-bond donors (Lipinski definition) is 2. The zero-order chi connectivity index (χ0) is 20.6. The molecule has 1 amide bonds. The molecule has 0 radical (unpaired) electrons. The van der Waals surface area contributed by atoms with Crippen LogP contribution in [0.4, 0.5) is 18.0 Å². The van der Waals surface area contributed by atoms with Crippen molar-refractivity contribution >= 4 is 12.1 Å². The molecule has 0 aliphatic rings. The van der Waals surface area contributed by atoms with E-state index in [9.17, 15) is 22.8 Å². The Balaban J connectivity index is 1.85. The summed E-state index contributed by atoms with van der Waals surface area (Å²) in [5, 5.41) is 11.3. The lowest BCUT2D eigenvalue weighted by Crippen LogP contribution is -2.24. The van der Waals surface area contributed by atoms with Crippen LogP contribution in [0.15, 0.2) is 48.5 Å². The summed E-state index contributed by atoms with van der Waals surface area (Å²) < 4.78 is 43.8. The second kappa shape index (κ2) is 9.46. The van der Waals surface area contributed by atoms with Crippen LogP contribution in [0.2, 0.25) is 0 Å². The third-order valence-electron chi connectivity index (χ3n) is 3.52. The van der Waals surface area contributed by atoms with Gasteiger partial charge < -0.3 is 15.2 Å². The minimum absolute atomic E-state index is 0.0315. The minimum atomic E-state index is -4.80. The maximum absolute atomic E-state index is 12.9. The van der Waals surface area contributed by atoms with Gasteiger partial charge in [-0.25, -0.2) is 9.59 Å². The fraction of sp³-hybridized carbons (Fsp3) is 0.200. The van der Waals surface area contributed by atoms with Gasteiger partial charge in [-0.2, -0.15) is 13.2 Å². The molecular weight excluding hydrogens is 375 g/mol. The molecule has 0 aliphatic carbocycles. The SMILES string of the molecule is O=C(NCCC#Cc1ccc(C(=O)O)c(C(F)(F)F)c1)OCc1ccccc1. The van der Waals surface area contributed by atoms with Crippen LogP contribution in [0.3, 0.4) is 0 Å². The quantitative estimate of drug-likeness (QED) is 0.595. The Labute approximate surface area is 159 Å². The number of ether oxygens (including phenoxy) is 1. The number of carboxylic acids is 1. The van der Waals surface area contributed by atoms with E-state index in [1.807, 2.05) is 30.3 Å². The van der Waals surface area contributed by atoms with E-state index >= 15 is 0 Å². The smallest absolute Gasteiger partial charge is 0.417 e. The molecular formula is C20H16F3NO4. The summed E-state index contributed by atoms with van der Waals surface area (Å²) in [5.41, 5.74) is -1.22. The third-order valence-corrected chi connectivity index (χ3v) is 3.52. The highest BCUT2D eigenvalue weighted by Crippen LogP contribution is 2.32. The Morgan fingerprint density at radius 3 is 2.46 bits per heavy atom. The van der Waals surface area contributed by atoms with Gasteiger partial charge in [0.25, 0.3) is 0 Å². The number of rotatable bonds is 5. The number of carboxylic acid groups (broad SMARTS) is 1. The summed E-state index contributed by atoms with van der Waals surface area (Å²) in [7, 11) is 0. The number of aromatic carboxylic acids is 1. The monoisotopic (exact) mass is 391 g/mol. The van der Waals surface area contributed by atoms with Gasteiger partial charge in [0.2, 0.25) is 0 Å². The number of hydrogen-bond acceptors (Lipinski definition) is 3. The summed E-state index contributed by atoms with van der Waals surface area (Å²) >= 11 is 0. The number of nitrogens with one attached hydrogen (secondary N) is 1. The van der Waals surface area contributed by atoms with E-state index in [-0.39, 0.29) is 25.1 Å². The normalized spacial score (nSPS) is 10.5. The number of benzene rings is 2. The molecule has 2 N–H and O–H groups in total. The molecule has 2 rings (SSSR count). The topological polar surface area (TPSA) is 75.6 Å². The van der Waals surface area contributed by atoms with Crippen LogP contribution in [0.25, 0.3) is 0 Å². The van der Waals surface area contributed by atoms with Crippen LogP contribution in [-0.2, 0) is 17.5 Å². The summed E-state index contributed by atoms with van der Waals surface area (Å²) in [6, 6.07) is 11.9. The number of alkyl carbamates (subject to hydrolysis) is 1. The highest BCUT2D eigenvalue weighted by atomic mass is 19.4. The summed E-state index contributed by atoms with van der Waals surface area (Å²) in [6.45, 7) is 0.272. The molecule has 2 aromatic carbocycles. The van der Waals surface area contributed by atoms with Crippen LogP contribution >= 0.6 is 0 Å². The van der Waals surface area contributed by atoms with E-state index < -0.39 is 29.4 Å². The van der Waals surface area contributed by atoms with Crippen molar-refractivity contribution < 1.29 is 32.6 Å². The maximum atomic E-state index is 12.9. The molecule has 146 valence electrons. The highest BCUT2D eigenvalue weighted by molar-refractivity contribution is 5.89. The average molecular weight is 391 g/mol. The van der Waals surface area contributed by atoms with E-state index in [4.69, 9.17) is 9.84 Å². The van der Waals surface area contributed by atoms with Crippen LogP contribution in [0.1, 0.15) is 33.5 Å². The molecule has 0 bridgehead atoms. The molecule has 0 unspecified atom stereocenters. The standard InChI is InChI=1S/C20H16F3NO4/c21-20(22,23)17-12-14(9-10-16(17)18(25)26)6-4-5-11-24-19(27)28-13-15-7-2-1-3-8-15/h1-3,7-10,12H,5,11,13H2,(H,24,27)(H,25,26). The number of carbonyl (C=O) groups excluding carboxylic acids is 1. The lowest BCUT2D eigenvalue weighted by molar-refractivity contribution is -0.138. The van der Waals surface area contributed by atoms with Gasteiger partial charge in [0.1, 0.15) is 6.61 Å². The first-order valence-corrected chi connectivity index (χ1v) is 8.15. The molecule has 5 nitrogen and oxygen atoms in total. The van der Waals surface area contributed by atoms with E-state index in [2.05, 4.69) is 17.2 Å². The Morgan fingerprint density at radius 1 is 1.11 bits per heavy atom. The van der Waals surface area contributed by atoms with Crippen LogP contribution in [0, 0.1) is 11.8 Å². The minimum Gasteiger partial charge on any atom is -0.478 e. The largest absolute Gasteiger partial charge is 0.478 e. The van der Waals surface area contributed by atoms with Crippen molar-refractivity contribution in [3.63, 3.8) is 0 Å². The average Bonchev–Trinajstić information content (AvgIpc) is 2.66. The molecule has 0 saturated carbocycles. The maximum Gasteiger partial charge on any atom is 0.417 e. The summed E-state index contributed by atoms with van der Waals surface area (Å²) in [5.74, 6) is 3.48. The first kappa shape index (κ1) is 20.8. The molecule has 0 saturated heterocycles. The molecule has 0 aromatic heterocycles. The van der Waals surface area contributed by atoms with Crippen molar-refractivity contribution in [2.75, 3.05) is 6.54 Å². The molecule has 2 aromatic rings.